The first-order valence-electron chi connectivity index (χ1n) is 11.5. The summed E-state index contributed by atoms with van der Waals surface area (Å²) in [6.07, 6.45) is 0.455. The molecule has 36 heavy (non-hydrogen) atoms. The summed E-state index contributed by atoms with van der Waals surface area (Å²) in [6, 6.07) is 6.92. The highest BCUT2D eigenvalue weighted by atomic mass is 35.5. The SMILES string of the molecule is Cc1c(Nc2ccc(C#N)cc2Cl)ncnc1OC1C2CN(C(=O)OC(C)(C)C)CC1CS(=O)(=O)C2. The third kappa shape index (κ3) is 5.82. The Balaban J connectivity index is 1.55. The Kier molecular flexibility index (Phi) is 7.03. The van der Waals surface area contributed by atoms with Gasteiger partial charge < -0.3 is 19.7 Å². The first kappa shape index (κ1) is 26.0. The molecule has 2 saturated heterocycles. The molecule has 192 valence electrons. The highest BCUT2D eigenvalue weighted by Gasteiger charge is 2.48. The Labute approximate surface area is 215 Å². The van der Waals surface area contributed by atoms with Gasteiger partial charge >= 0.3 is 6.09 Å². The van der Waals surface area contributed by atoms with Crippen LogP contribution in [0.3, 0.4) is 0 Å². The fraction of sp³-hybridized carbons (Fsp3) is 0.500. The van der Waals surface area contributed by atoms with Crippen molar-refractivity contribution in [3.63, 3.8) is 0 Å². The first-order chi connectivity index (χ1) is 16.8. The van der Waals surface area contributed by atoms with Crippen LogP contribution >= 0.6 is 11.6 Å². The second kappa shape index (κ2) is 9.75. The molecule has 2 aromatic rings. The smallest absolute Gasteiger partial charge is 0.410 e. The molecule has 2 aliphatic rings. The molecule has 2 aliphatic heterocycles. The number of rotatable bonds is 4. The van der Waals surface area contributed by atoms with E-state index in [0.29, 0.717) is 33.5 Å². The summed E-state index contributed by atoms with van der Waals surface area (Å²) in [7, 11) is -3.26. The number of nitrogens with one attached hydrogen (secondary N) is 1. The van der Waals surface area contributed by atoms with Crippen LogP contribution in [0.15, 0.2) is 24.5 Å². The van der Waals surface area contributed by atoms with E-state index in [-0.39, 0.29) is 24.6 Å². The lowest BCUT2D eigenvalue weighted by atomic mass is 9.87. The van der Waals surface area contributed by atoms with Gasteiger partial charge in [-0.25, -0.2) is 23.2 Å². The van der Waals surface area contributed by atoms with Gasteiger partial charge in [0.25, 0.3) is 0 Å². The van der Waals surface area contributed by atoms with Gasteiger partial charge in [0.05, 0.1) is 39.4 Å². The highest BCUT2D eigenvalue weighted by molar-refractivity contribution is 7.91. The molecule has 0 spiro atoms. The van der Waals surface area contributed by atoms with Gasteiger partial charge in [-0.15, -0.1) is 0 Å². The van der Waals surface area contributed by atoms with Crippen molar-refractivity contribution >= 4 is 39.0 Å². The van der Waals surface area contributed by atoms with Crippen molar-refractivity contribution in [3.8, 4) is 11.9 Å². The normalized spacial score (nSPS) is 22.9. The highest BCUT2D eigenvalue weighted by Crippen LogP contribution is 2.36. The number of amides is 1. The molecule has 1 aromatic heterocycles. The Hall–Kier alpha value is -3.10. The summed E-state index contributed by atoms with van der Waals surface area (Å²) in [5, 5.41) is 12.5. The van der Waals surface area contributed by atoms with E-state index < -0.39 is 39.5 Å². The topological polar surface area (TPSA) is 135 Å². The number of sulfone groups is 1. The number of aromatic nitrogens is 2. The summed E-state index contributed by atoms with van der Waals surface area (Å²) < 4.78 is 36.8. The predicted octanol–water partition coefficient (Wildman–Crippen LogP) is 3.71. The van der Waals surface area contributed by atoms with Crippen LogP contribution in [0, 0.1) is 30.1 Å². The zero-order valence-corrected chi connectivity index (χ0v) is 22.1. The van der Waals surface area contributed by atoms with E-state index >= 15 is 0 Å². The van der Waals surface area contributed by atoms with Crippen LogP contribution in [0.4, 0.5) is 16.3 Å². The van der Waals surface area contributed by atoms with Crippen LogP contribution in [0.5, 0.6) is 5.88 Å². The van der Waals surface area contributed by atoms with E-state index in [1.807, 2.05) is 6.07 Å². The molecule has 3 heterocycles. The number of nitrogens with zero attached hydrogens (tertiary/aromatic N) is 4. The molecule has 0 saturated carbocycles. The second-order valence-corrected chi connectivity index (χ2v) is 12.7. The van der Waals surface area contributed by atoms with Crippen molar-refractivity contribution in [1.29, 1.82) is 5.26 Å². The van der Waals surface area contributed by atoms with Gasteiger partial charge in [-0.3, -0.25) is 0 Å². The van der Waals surface area contributed by atoms with Gasteiger partial charge in [-0.2, -0.15) is 5.26 Å². The third-order valence-corrected chi connectivity index (χ3v) is 8.25. The lowest BCUT2D eigenvalue weighted by Gasteiger charge is -2.46. The number of fused-ring (bicyclic) bond motifs is 2. The lowest BCUT2D eigenvalue weighted by molar-refractivity contribution is -0.0214. The monoisotopic (exact) mass is 533 g/mol. The minimum absolute atomic E-state index is 0.0798. The van der Waals surface area contributed by atoms with Gasteiger partial charge in [0.1, 0.15) is 23.9 Å². The van der Waals surface area contributed by atoms with E-state index in [2.05, 4.69) is 15.3 Å². The first-order valence-corrected chi connectivity index (χ1v) is 13.7. The van der Waals surface area contributed by atoms with Crippen molar-refractivity contribution in [3.05, 3.63) is 40.7 Å². The number of benzene rings is 1. The van der Waals surface area contributed by atoms with Crippen LogP contribution in [-0.4, -0.2) is 65.7 Å². The molecule has 2 atom stereocenters. The summed E-state index contributed by atoms with van der Waals surface area (Å²) in [5.74, 6) is -0.215. The summed E-state index contributed by atoms with van der Waals surface area (Å²) in [4.78, 5) is 22.8. The largest absolute Gasteiger partial charge is 0.473 e. The van der Waals surface area contributed by atoms with Crippen LogP contribution in [0.2, 0.25) is 5.02 Å². The molecule has 1 N–H and O–H groups in total. The standard InChI is InChI=1S/C24H28ClN5O5S/c1-14-21(29-19-6-5-15(8-26)7-18(19)25)27-13-28-22(14)34-20-16-9-30(23(31)35-24(2,3)4)10-17(20)12-36(32,33)11-16/h5-7,13,16-17,20H,9-12H2,1-4H3,(H,27,28,29). The van der Waals surface area contributed by atoms with E-state index in [9.17, 15) is 13.2 Å². The Bertz CT molecular complexity index is 1300. The van der Waals surface area contributed by atoms with Crippen molar-refractivity contribution in [2.24, 2.45) is 11.8 Å². The van der Waals surface area contributed by atoms with E-state index in [1.54, 1.807) is 50.8 Å². The summed E-state index contributed by atoms with van der Waals surface area (Å²) >= 11 is 6.29. The number of hydrogen-bond donors (Lipinski definition) is 1. The zero-order chi connectivity index (χ0) is 26.3. The summed E-state index contributed by atoms with van der Waals surface area (Å²) in [5.41, 5.74) is 0.976. The Morgan fingerprint density at radius 2 is 1.89 bits per heavy atom. The maximum Gasteiger partial charge on any atom is 0.410 e. The van der Waals surface area contributed by atoms with Crippen molar-refractivity contribution < 1.29 is 22.7 Å². The minimum Gasteiger partial charge on any atom is -0.473 e. The molecule has 0 aliphatic carbocycles. The zero-order valence-electron chi connectivity index (χ0n) is 20.5. The average molecular weight is 534 g/mol. The van der Waals surface area contributed by atoms with Gasteiger partial charge in [0, 0.05) is 24.9 Å². The fourth-order valence-corrected chi connectivity index (χ4v) is 6.80. The molecule has 4 rings (SSSR count). The maximum absolute atomic E-state index is 12.7. The maximum atomic E-state index is 12.7. The molecular weight excluding hydrogens is 506 g/mol. The van der Waals surface area contributed by atoms with E-state index in [4.69, 9.17) is 26.3 Å². The van der Waals surface area contributed by atoms with E-state index in [0.717, 1.165) is 0 Å². The molecule has 1 aromatic carbocycles. The molecule has 2 fully saturated rings. The van der Waals surface area contributed by atoms with Crippen LogP contribution in [0.25, 0.3) is 0 Å². The van der Waals surface area contributed by atoms with Crippen LogP contribution in [-0.2, 0) is 14.6 Å². The van der Waals surface area contributed by atoms with Gasteiger partial charge in [0.2, 0.25) is 5.88 Å². The third-order valence-electron chi connectivity index (χ3n) is 6.06. The van der Waals surface area contributed by atoms with Gasteiger partial charge in [-0.05, 0) is 45.9 Å². The van der Waals surface area contributed by atoms with Crippen molar-refractivity contribution in [2.45, 2.75) is 39.4 Å². The number of nitriles is 1. The fourth-order valence-electron chi connectivity index (χ4n) is 4.54. The molecule has 1 amide bonds. The number of halogens is 1. The number of carbonyl (C=O) groups excluding carboxylic acids is 1. The summed E-state index contributed by atoms with van der Waals surface area (Å²) in [6.45, 7) is 7.59. The average Bonchev–Trinajstić information content (AvgIpc) is 2.76. The molecular formula is C24H28ClN5O5S. The molecule has 12 heteroatoms. The van der Waals surface area contributed by atoms with Gasteiger partial charge in [-0.1, -0.05) is 11.6 Å². The van der Waals surface area contributed by atoms with Crippen molar-refractivity contribution in [2.75, 3.05) is 29.9 Å². The molecule has 2 unspecified atom stereocenters. The van der Waals surface area contributed by atoms with Crippen LogP contribution < -0.4 is 10.1 Å². The van der Waals surface area contributed by atoms with Gasteiger partial charge in [0.15, 0.2) is 9.84 Å². The number of likely N-dealkylation sites (tertiary alicyclic amines) is 1. The number of piperidine rings is 1. The van der Waals surface area contributed by atoms with Crippen LogP contribution in [0.1, 0.15) is 31.9 Å². The molecule has 0 radical (unpaired) electrons. The molecule has 2 bridgehead atoms. The quantitative estimate of drug-likeness (QED) is 0.623. The molecule has 10 nitrogen and oxygen atoms in total. The second-order valence-electron chi connectivity index (χ2n) is 10.1. The number of ether oxygens (including phenoxy) is 2. The Morgan fingerprint density at radius 1 is 1.22 bits per heavy atom. The van der Waals surface area contributed by atoms with Crippen molar-refractivity contribution in [1.82, 2.24) is 14.9 Å². The lowest BCUT2D eigenvalue weighted by Crippen LogP contribution is -2.60. The number of carbonyl (C=O) groups is 1. The number of anilines is 2. The minimum atomic E-state index is -3.26. The number of hydrogen-bond acceptors (Lipinski definition) is 9. The Morgan fingerprint density at radius 3 is 2.47 bits per heavy atom. The predicted molar refractivity (Wildman–Crippen MR) is 134 cm³/mol. The van der Waals surface area contributed by atoms with E-state index in [1.165, 1.54) is 6.33 Å².